The molecule has 2 aromatic carbocycles. The molecule has 4 aromatic rings. The van der Waals surface area contributed by atoms with Crippen LogP contribution < -0.4 is 40.5 Å². The molecule has 1 unspecified atom stereocenters. The number of aromatic nitrogens is 4. The number of anilines is 4. The minimum Gasteiger partial charge on any atom is -0.421 e. The molecule has 11 rings (SSSR count). The number of hydrogen-bond donors (Lipinski definition) is 5. The van der Waals surface area contributed by atoms with E-state index in [1.165, 1.54) is 18.4 Å². The van der Waals surface area contributed by atoms with Crippen molar-refractivity contribution >= 4 is 47.1 Å². The highest BCUT2D eigenvalue weighted by molar-refractivity contribution is 6.06. The maximum Gasteiger partial charge on any atom is 0.326 e. The summed E-state index contributed by atoms with van der Waals surface area (Å²) in [7, 11) is 0. The maximum absolute atomic E-state index is 15.3. The number of piperazine rings is 2. The van der Waals surface area contributed by atoms with E-state index in [0.717, 1.165) is 73.3 Å². The highest BCUT2D eigenvalue weighted by Crippen LogP contribution is 2.39. The maximum atomic E-state index is 15.3. The van der Waals surface area contributed by atoms with Crippen molar-refractivity contribution in [2.24, 2.45) is 15.9 Å². The number of amidine groups is 2. The van der Waals surface area contributed by atoms with Crippen LogP contribution in [-0.4, -0.2) is 107 Å². The Morgan fingerprint density at radius 2 is 1.41 bits per heavy atom. The number of nitrogens with zero attached hydrogens (tertiary/aromatic N) is 8. The molecule has 15 nitrogen and oxygen atoms in total. The van der Waals surface area contributed by atoms with E-state index in [1.54, 1.807) is 12.1 Å². The monoisotopic (exact) mass is 968 g/mol. The number of aliphatic imine (C=N–C) groups is 2. The van der Waals surface area contributed by atoms with Crippen LogP contribution in [-0.2, 0) is 12.8 Å². The van der Waals surface area contributed by atoms with E-state index in [1.807, 2.05) is 63.3 Å². The summed E-state index contributed by atoms with van der Waals surface area (Å²) >= 11 is 0. The van der Waals surface area contributed by atoms with Gasteiger partial charge in [0.15, 0.2) is 23.1 Å². The van der Waals surface area contributed by atoms with Crippen molar-refractivity contribution in [3.63, 3.8) is 0 Å². The molecule has 2 aromatic heterocycles. The van der Waals surface area contributed by atoms with Gasteiger partial charge in [0.2, 0.25) is 0 Å². The van der Waals surface area contributed by atoms with E-state index in [4.69, 9.17) is 9.47 Å². The molecule has 0 radical (unpaired) electrons. The summed E-state index contributed by atoms with van der Waals surface area (Å²) < 4.78 is 56.9. The molecule has 6 heterocycles. The number of hydrogen-bond acceptors (Lipinski definition) is 15. The second-order valence-corrected chi connectivity index (χ2v) is 19.4. The Morgan fingerprint density at radius 1 is 0.761 bits per heavy atom. The number of fused-ring (bicyclic) bond motifs is 2. The summed E-state index contributed by atoms with van der Waals surface area (Å²) in [4.78, 5) is 31.5. The molecule has 71 heavy (non-hydrogen) atoms. The topological polar surface area (TPSA) is 170 Å². The number of ether oxygens (including phenoxy) is 2. The van der Waals surface area contributed by atoms with Gasteiger partial charge in [-0.3, -0.25) is 9.98 Å². The number of nitrogens with one attached hydrogen (secondary N) is 4. The van der Waals surface area contributed by atoms with E-state index < -0.39 is 17.5 Å². The van der Waals surface area contributed by atoms with Gasteiger partial charge in [0, 0.05) is 85.7 Å². The Balaban J connectivity index is 0.000000164. The Hall–Kier alpha value is -6.89. The lowest BCUT2D eigenvalue weighted by atomic mass is 10.1. The first-order chi connectivity index (χ1) is 34.3. The highest BCUT2D eigenvalue weighted by atomic mass is 19.1. The summed E-state index contributed by atoms with van der Waals surface area (Å²) in [5.74, 6) is 2.71. The molecule has 370 valence electrons. The summed E-state index contributed by atoms with van der Waals surface area (Å²) in [5, 5.41) is 22.9. The highest BCUT2D eigenvalue weighted by Gasteiger charge is 2.30. The van der Waals surface area contributed by atoms with Gasteiger partial charge in [0.05, 0.1) is 19.7 Å². The van der Waals surface area contributed by atoms with Gasteiger partial charge in [-0.2, -0.15) is 19.9 Å². The quantitative estimate of drug-likeness (QED) is 0.0974. The van der Waals surface area contributed by atoms with Crippen LogP contribution in [0.1, 0.15) is 69.7 Å². The average Bonchev–Trinajstić information content (AvgIpc) is 3.59. The van der Waals surface area contributed by atoms with E-state index in [-0.39, 0.29) is 53.8 Å². The minimum atomic E-state index is -0.615. The number of benzene rings is 2. The largest absolute Gasteiger partial charge is 0.421 e. The molecular formula is C53H59F3N12O3. The molecule has 0 bridgehead atoms. The van der Waals surface area contributed by atoms with Crippen molar-refractivity contribution in [2.75, 3.05) is 72.9 Å². The van der Waals surface area contributed by atoms with Crippen molar-refractivity contribution in [3.05, 3.63) is 117 Å². The standard InChI is InChI=1S/C27H30F2N6O.C26H29FN6O2/c1-5-6-18-9-23(30-12-18)32-24-11-25(35-13-16(3)31-17(4)14-35)34-27(33-24)36-22-10-21(28)19-7-15(2)8-20(19)26(22)29;1-15-8-17-4-5-21(25(27)20(17)9-15)35-26-31-23(30-22-10-18(12-29-22)16-2-3-16)11-24(32-26)33-7-6-28-19(13-33)14-34/h5-6,8-11,16-17,31H,7,12-14H2,1-4H3,(H,30,32,33,34);4-5,9-11,16,19,28,34H,2-3,6-8,12-14H2,1H3,(H,29,30,31,32)/b6-5+;/t16-,17+;. The van der Waals surface area contributed by atoms with Crippen LogP contribution in [0.3, 0.4) is 0 Å². The van der Waals surface area contributed by atoms with Gasteiger partial charge in [-0.25, -0.2) is 13.2 Å². The fourth-order valence-corrected chi connectivity index (χ4v) is 9.79. The Morgan fingerprint density at radius 3 is 2.11 bits per heavy atom. The Bertz CT molecular complexity index is 2950. The van der Waals surface area contributed by atoms with Gasteiger partial charge in [-0.05, 0) is 101 Å². The average molecular weight is 969 g/mol. The number of aliphatic hydroxyl groups excluding tert-OH is 1. The minimum absolute atomic E-state index is 0.0366. The van der Waals surface area contributed by atoms with Crippen molar-refractivity contribution in [1.29, 1.82) is 0 Å². The number of aliphatic hydroxyl groups is 1. The first kappa shape index (κ1) is 47.8. The molecule has 0 spiro atoms. The molecule has 5 N–H and O–H groups in total. The molecule has 2 saturated heterocycles. The van der Waals surface area contributed by atoms with E-state index in [9.17, 15) is 9.50 Å². The van der Waals surface area contributed by atoms with Crippen molar-refractivity contribution in [3.8, 4) is 23.5 Å². The van der Waals surface area contributed by atoms with Crippen LogP contribution in [0.25, 0.3) is 12.2 Å². The second kappa shape index (κ2) is 20.4. The fourth-order valence-electron chi connectivity index (χ4n) is 9.79. The summed E-state index contributed by atoms with van der Waals surface area (Å²) in [6.07, 6.45) is 15.1. The lowest BCUT2D eigenvalue weighted by molar-refractivity contribution is 0.235. The lowest BCUT2D eigenvalue weighted by Gasteiger charge is -2.37. The fraction of sp³-hybridized carbons (Fsp3) is 0.396. The van der Waals surface area contributed by atoms with Crippen LogP contribution in [0.4, 0.5) is 36.4 Å². The van der Waals surface area contributed by atoms with E-state index in [0.29, 0.717) is 65.7 Å². The van der Waals surface area contributed by atoms with Crippen molar-refractivity contribution < 1.29 is 27.8 Å². The zero-order valence-electron chi connectivity index (χ0n) is 40.6. The van der Waals surface area contributed by atoms with Crippen LogP contribution in [0, 0.1) is 23.4 Å². The molecule has 7 aliphatic rings. The van der Waals surface area contributed by atoms with Gasteiger partial charge >= 0.3 is 12.0 Å². The first-order valence-electron chi connectivity index (χ1n) is 24.4. The van der Waals surface area contributed by atoms with Crippen LogP contribution >= 0.6 is 0 Å². The van der Waals surface area contributed by atoms with Gasteiger partial charge in [-0.1, -0.05) is 41.5 Å². The van der Waals surface area contributed by atoms with Crippen LogP contribution in [0.5, 0.6) is 23.5 Å². The van der Waals surface area contributed by atoms with E-state index >= 15 is 8.78 Å². The Labute approximate surface area is 411 Å². The molecular weight excluding hydrogens is 910 g/mol. The molecule has 18 heteroatoms. The van der Waals surface area contributed by atoms with Gasteiger partial charge < -0.3 is 45.6 Å². The molecule has 3 atom stereocenters. The summed E-state index contributed by atoms with van der Waals surface area (Å²) in [6, 6.07) is 8.75. The third kappa shape index (κ3) is 11.0. The van der Waals surface area contributed by atoms with Crippen LogP contribution in [0.15, 0.2) is 86.9 Å². The predicted molar refractivity (Wildman–Crippen MR) is 273 cm³/mol. The zero-order valence-corrected chi connectivity index (χ0v) is 40.6. The number of rotatable bonds is 11. The summed E-state index contributed by atoms with van der Waals surface area (Å²) in [6.45, 7) is 14.9. The third-order valence-electron chi connectivity index (χ3n) is 13.2. The number of allylic oxidation sites excluding steroid dienone is 3. The second-order valence-electron chi connectivity index (χ2n) is 19.4. The molecule has 1 saturated carbocycles. The van der Waals surface area contributed by atoms with Crippen LogP contribution in [0.2, 0.25) is 0 Å². The van der Waals surface area contributed by atoms with E-state index in [2.05, 4.69) is 80.9 Å². The predicted octanol–water partition coefficient (Wildman–Crippen LogP) is 8.32. The smallest absolute Gasteiger partial charge is 0.326 e. The SMILES string of the molecule is C/C=C/C1=CC(Nc2cc(N3C[C@@H](C)N[C@@H](C)C3)nc(Oc3cc(F)c4c(c3F)C=C(C)C4)n2)=NC1.CC1=Cc2c(ccc(Oc3nc(NC4=NCC(C5CC5)=C4)cc(N4CCNC(CO)C4)n3)c2F)C1. The normalized spacial score (nSPS) is 21.4. The molecule has 3 aliphatic carbocycles. The molecule has 0 amide bonds. The van der Waals surface area contributed by atoms with Gasteiger partial charge in [-0.15, -0.1) is 0 Å². The first-order valence-corrected chi connectivity index (χ1v) is 24.4. The van der Waals surface area contributed by atoms with Gasteiger partial charge in [0.25, 0.3) is 0 Å². The van der Waals surface area contributed by atoms with Gasteiger partial charge in [0.1, 0.15) is 40.8 Å². The summed E-state index contributed by atoms with van der Waals surface area (Å²) in [5.41, 5.74) is 6.55. The Kier molecular flexibility index (Phi) is 13.8. The molecule has 4 aliphatic heterocycles. The molecule has 3 fully saturated rings. The zero-order chi connectivity index (χ0) is 49.3. The van der Waals surface area contributed by atoms with Crippen molar-refractivity contribution in [1.82, 2.24) is 30.6 Å². The lowest BCUT2D eigenvalue weighted by Crippen LogP contribution is -2.54. The number of halogens is 3. The van der Waals surface area contributed by atoms with Crippen molar-refractivity contribution in [2.45, 2.75) is 78.4 Å². The third-order valence-corrected chi connectivity index (χ3v) is 13.2.